The number of carbonyl (C=O) groups excluding carboxylic acids is 3. The van der Waals surface area contributed by atoms with E-state index < -0.39 is 10.0 Å². The molecule has 0 atom stereocenters. The molecule has 0 aromatic heterocycles. The second-order valence-corrected chi connectivity index (χ2v) is 4.87. The Labute approximate surface area is 65.2 Å². The van der Waals surface area contributed by atoms with Gasteiger partial charge in [0, 0.05) is 6.20 Å². The Balaban J connectivity index is 2.79. The van der Waals surface area contributed by atoms with Crippen molar-refractivity contribution in [2.24, 2.45) is 0 Å². The standard InChI is InChI=1S/C6H7NO3S/c8-3-7-1-2-11(4-7,5-9)6-10/h1-3,5-6H,4H2. The van der Waals surface area contributed by atoms with Gasteiger partial charge in [0.1, 0.15) is 0 Å². The minimum atomic E-state index is -1.95. The average Bonchev–Trinajstić information content (AvgIpc) is 2.49. The van der Waals surface area contributed by atoms with Crippen LogP contribution in [0.15, 0.2) is 11.6 Å². The molecule has 0 fully saturated rings. The van der Waals surface area contributed by atoms with E-state index in [0.29, 0.717) is 17.6 Å². The van der Waals surface area contributed by atoms with E-state index in [1.54, 1.807) is 0 Å². The third-order valence-electron chi connectivity index (χ3n) is 1.37. The summed E-state index contributed by atoms with van der Waals surface area (Å²) in [5, 5.41) is 1.50. The minimum Gasteiger partial charge on any atom is -0.312 e. The van der Waals surface area contributed by atoms with Gasteiger partial charge < -0.3 is 4.90 Å². The fourth-order valence-electron chi connectivity index (χ4n) is 0.749. The molecule has 0 aromatic rings. The molecule has 0 spiro atoms. The van der Waals surface area contributed by atoms with Gasteiger partial charge in [0.05, 0.1) is 5.88 Å². The van der Waals surface area contributed by atoms with E-state index in [-0.39, 0.29) is 5.88 Å². The highest BCUT2D eigenvalue weighted by molar-refractivity contribution is 8.55. The maximum absolute atomic E-state index is 10.4. The lowest BCUT2D eigenvalue weighted by atomic mass is 10.8. The van der Waals surface area contributed by atoms with Gasteiger partial charge in [-0.25, -0.2) is 0 Å². The third kappa shape index (κ3) is 1.32. The second-order valence-electron chi connectivity index (χ2n) is 2.13. The van der Waals surface area contributed by atoms with Gasteiger partial charge in [0.2, 0.25) is 6.41 Å². The van der Waals surface area contributed by atoms with Crippen molar-refractivity contribution in [1.29, 1.82) is 0 Å². The van der Waals surface area contributed by atoms with Gasteiger partial charge in [-0.2, -0.15) is 0 Å². The lowest BCUT2D eigenvalue weighted by Crippen LogP contribution is -2.15. The zero-order chi connectivity index (χ0) is 8.32. The van der Waals surface area contributed by atoms with Crippen LogP contribution in [0.1, 0.15) is 0 Å². The Bertz CT molecular complexity index is 218. The predicted molar refractivity (Wildman–Crippen MR) is 43.0 cm³/mol. The first-order valence-electron chi connectivity index (χ1n) is 2.87. The largest absolute Gasteiger partial charge is 0.312 e. The highest BCUT2D eigenvalue weighted by Gasteiger charge is 2.26. The summed E-state index contributed by atoms with van der Waals surface area (Å²) in [4.78, 5) is 32.3. The van der Waals surface area contributed by atoms with Crippen molar-refractivity contribution in [1.82, 2.24) is 4.90 Å². The molecule has 0 aromatic carbocycles. The van der Waals surface area contributed by atoms with E-state index in [9.17, 15) is 14.4 Å². The summed E-state index contributed by atoms with van der Waals surface area (Å²) in [7, 11) is -1.95. The van der Waals surface area contributed by atoms with Crippen molar-refractivity contribution in [2.45, 2.75) is 0 Å². The number of rotatable bonds is 3. The first-order chi connectivity index (χ1) is 5.26. The Kier molecular flexibility index (Phi) is 2.09. The first-order valence-corrected chi connectivity index (χ1v) is 4.86. The van der Waals surface area contributed by atoms with Crippen LogP contribution in [0.5, 0.6) is 0 Å². The summed E-state index contributed by atoms with van der Waals surface area (Å²) >= 11 is 0. The van der Waals surface area contributed by atoms with Crippen molar-refractivity contribution in [3.8, 4) is 0 Å². The molecule has 60 valence electrons. The zero-order valence-corrected chi connectivity index (χ0v) is 6.49. The van der Waals surface area contributed by atoms with Crippen LogP contribution in [0.2, 0.25) is 0 Å². The number of carbonyl (C=O) groups is 3. The molecule has 0 N–H and O–H groups in total. The van der Waals surface area contributed by atoms with Gasteiger partial charge in [-0.05, 0) is 5.41 Å². The molecule has 4 nitrogen and oxygen atoms in total. The summed E-state index contributed by atoms with van der Waals surface area (Å²) in [6.07, 6.45) is 2.06. The number of amides is 1. The molecule has 0 radical (unpaired) electrons. The lowest BCUT2D eigenvalue weighted by molar-refractivity contribution is -0.115. The SMILES string of the molecule is O=CN1C=CS(C=O)(C=O)C1. The quantitative estimate of drug-likeness (QED) is 0.567. The van der Waals surface area contributed by atoms with Crippen LogP contribution in [0.3, 0.4) is 0 Å². The molecule has 0 bridgehead atoms. The van der Waals surface area contributed by atoms with E-state index in [1.807, 2.05) is 0 Å². The van der Waals surface area contributed by atoms with Crippen LogP contribution >= 0.6 is 10.0 Å². The average molecular weight is 173 g/mol. The normalized spacial score (nSPS) is 22.7. The van der Waals surface area contributed by atoms with Crippen LogP contribution < -0.4 is 0 Å². The highest BCUT2D eigenvalue weighted by Crippen LogP contribution is 2.47. The summed E-state index contributed by atoms with van der Waals surface area (Å²) in [6.45, 7) is 0. The van der Waals surface area contributed by atoms with Gasteiger partial charge in [-0.1, -0.05) is 10.0 Å². The maximum atomic E-state index is 10.4. The molecule has 0 saturated carbocycles. The van der Waals surface area contributed by atoms with Crippen molar-refractivity contribution in [2.75, 3.05) is 5.88 Å². The topological polar surface area (TPSA) is 54.5 Å². The van der Waals surface area contributed by atoms with Gasteiger partial charge >= 0.3 is 0 Å². The van der Waals surface area contributed by atoms with Crippen LogP contribution in [0.25, 0.3) is 0 Å². The molecular formula is C6H7NO3S. The van der Waals surface area contributed by atoms with Crippen molar-refractivity contribution >= 4 is 27.7 Å². The number of hydrogen-bond donors (Lipinski definition) is 0. The Morgan fingerprint density at radius 3 is 2.18 bits per heavy atom. The van der Waals surface area contributed by atoms with E-state index in [4.69, 9.17) is 0 Å². The molecular weight excluding hydrogens is 166 g/mol. The fourth-order valence-corrected chi connectivity index (χ4v) is 2.18. The van der Waals surface area contributed by atoms with E-state index in [2.05, 4.69) is 0 Å². The second kappa shape index (κ2) is 2.87. The molecule has 5 heteroatoms. The molecule has 1 aliphatic rings. The molecule has 1 heterocycles. The Morgan fingerprint density at radius 1 is 1.27 bits per heavy atom. The molecule has 1 aliphatic heterocycles. The van der Waals surface area contributed by atoms with Crippen molar-refractivity contribution < 1.29 is 14.4 Å². The van der Waals surface area contributed by atoms with Crippen LogP contribution in [0.4, 0.5) is 0 Å². The number of nitrogens with zero attached hydrogens (tertiary/aromatic N) is 1. The lowest BCUT2D eigenvalue weighted by Gasteiger charge is -2.18. The summed E-state index contributed by atoms with van der Waals surface area (Å²) in [5.74, 6) is 0.212. The van der Waals surface area contributed by atoms with E-state index in [1.165, 1.54) is 16.5 Å². The molecule has 11 heavy (non-hydrogen) atoms. The van der Waals surface area contributed by atoms with Gasteiger partial charge in [-0.15, -0.1) is 0 Å². The monoisotopic (exact) mass is 173 g/mol. The highest BCUT2D eigenvalue weighted by atomic mass is 32.3. The number of hydrogen-bond acceptors (Lipinski definition) is 3. The van der Waals surface area contributed by atoms with E-state index >= 15 is 0 Å². The molecule has 1 amide bonds. The Hall–Kier alpha value is -1.10. The zero-order valence-electron chi connectivity index (χ0n) is 5.67. The molecule has 0 unspecified atom stereocenters. The fraction of sp³-hybridized carbons (Fsp3) is 0.167. The van der Waals surface area contributed by atoms with Gasteiger partial charge in [0.15, 0.2) is 11.2 Å². The predicted octanol–water partition coefficient (Wildman–Crippen LogP) is 0.0721. The van der Waals surface area contributed by atoms with E-state index in [0.717, 1.165) is 0 Å². The van der Waals surface area contributed by atoms with Gasteiger partial charge in [-0.3, -0.25) is 14.4 Å². The third-order valence-corrected chi connectivity index (χ3v) is 3.46. The van der Waals surface area contributed by atoms with Crippen molar-refractivity contribution in [3.05, 3.63) is 11.6 Å². The summed E-state index contributed by atoms with van der Waals surface area (Å²) in [6, 6.07) is 0. The summed E-state index contributed by atoms with van der Waals surface area (Å²) in [5.41, 5.74) is 1.25. The molecule has 0 aliphatic carbocycles. The van der Waals surface area contributed by atoms with Crippen LogP contribution in [0, 0.1) is 0 Å². The molecule has 1 rings (SSSR count). The maximum Gasteiger partial charge on any atom is 0.214 e. The Morgan fingerprint density at radius 2 is 1.91 bits per heavy atom. The smallest absolute Gasteiger partial charge is 0.214 e. The van der Waals surface area contributed by atoms with Crippen LogP contribution in [-0.4, -0.2) is 28.4 Å². The summed E-state index contributed by atoms with van der Waals surface area (Å²) < 4.78 is 0. The van der Waals surface area contributed by atoms with Gasteiger partial charge in [0.25, 0.3) is 0 Å². The van der Waals surface area contributed by atoms with Crippen LogP contribution in [-0.2, 0) is 14.4 Å². The minimum absolute atomic E-state index is 0.212. The molecule has 0 saturated heterocycles. The van der Waals surface area contributed by atoms with Crippen molar-refractivity contribution in [3.63, 3.8) is 0 Å². The first kappa shape index (κ1) is 8.00.